The van der Waals surface area contributed by atoms with Gasteiger partial charge < -0.3 is 0 Å². The Morgan fingerprint density at radius 3 is 2.21 bits per heavy atom. The molecule has 0 saturated heterocycles. The van der Waals surface area contributed by atoms with Crippen LogP contribution in [0.15, 0.2) is 12.1 Å². The molecule has 0 atom stereocenters. The predicted molar refractivity (Wildman–Crippen MR) is 46.8 cm³/mol. The Balaban J connectivity index is 3.33. The van der Waals surface area contributed by atoms with Gasteiger partial charge in [-0.2, -0.15) is 0 Å². The number of carbonyl (C=O) groups excluding carboxylic acids is 1. The Morgan fingerprint density at radius 1 is 1.21 bits per heavy atom. The molecule has 0 aromatic heterocycles. The summed E-state index contributed by atoms with van der Waals surface area (Å²) in [4.78, 5) is 10.8. The van der Waals surface area contributed by atoms with Crippen molar-refractivity contribution in [1.29, 1.82) is 0 Å². The second kappa shape index (κ2) is 4.19. The first-order valence-electron chi connectivity index (χ1n) is 3.41. The van der Waals surface area contributed by atoms with Gasteiger partial charge in [0.05, 0.1) is 15.6 Å². The zero-order valence-electron chi connectivity index (χ0n) is 6.53. The summed E-state index contributed by atoms with van der Waals surface area (Å²) in [6.07, 6.45) is -3.31. The Kier molecular flexibility index (Phi) is 3.39. The van der Waals surface area contributed by atoms with Gasteiger partial charge in [-0.05, 0) is 12.1 Å². The molecule has 0 radical (unpaired) electrons. The zero-order chi connectivity index (χ0) is 10.9. The second-order valence-corrected chi connectivity index (χ2v) is 3.20. The predicted octanol–water partition coefficient (Wildman–Crippen LogP) is 3.58. The summed E-state index contributed by atoms with van der Waals surface area (Å²) < 4.78 is 37.1. The monoisotopic (exact) mass is 242 g/mol. The molecule has 0 amide bonds. The molecular formula is C8H3Cl2F3O. The molecule has 0 aliphatic rings. The number of rotatable bonds is 2. The van der Waals surface area contributed by atoms with E-state index in [1.54, 1.807) is 0 Å². The van der Waals surface area contributed by atoms with Crippen LogP contribution >= 0.6 is 23.2 Å². The summed E-state index contributed by atoms with van der Waals surface area (Å²) >= 11 is 10.7. The average molecular weight is 243 g/mol. The largest absolute Gasteiger partial charge is 0.300 e. The number of hydrogen-bond acceptors (Lipinski definition) is 1. The minimum Gasteiger partial charge on any atom is -0.288 e. The topological polar surface area (TPSA) is 17.1 Å². The lowest BCUT2D eigenvalue weighted by molar-refractivity contribution is 0.0674. The van der Waals surface area contributed by atoms with Gasteiger partial charge in [0.25, 0.3) is 0 Å². The van der Waals surface area contributed by atoms with Crippen molar-refractivity contribution in [2.75, 3.05) is 0 Å². The number of hydrogen-bond donors (Lipinski definition) is 0. The summed E-state index contributed by atoms with van der Waals surface area (Å²) in [5, 5.41) is -0.796. The van der Waals surface area contributed by atoms with Crippen molar-refractivity contribution in [2.45, 2.75) is 6.43 Å². The van der Waals surface area contributed by atoms with Crippen molar-refractivity contribution in [3.05, 3.63) is 33.6 Å². The molecule has 0 heterocycles. The van der Waals surface area contributed by atoms with Gasteiger partial charge in [-0.15, -0.1) is 0 Å². The van der Waals surface area contributed by atoms with Gasteiger partial charge in [0, 0.05) is 0 Å². The SMILES string of the molecule is O=C(c1c(Cl)ccc(Cl)c1F)C(F)F. The van der Waals surface area contributed by atoms with Gasteiger partial charge in [0.1, 0.15) is 0 Å². The molecule has 0 unspecified atom stereocenters. The van der Waals surface area contributed by atoms with E-state index in [0.717, 1.165) is 12.1 Å². The first kappa shape index (κ1) is 11.3. The van der Waals surface area contributed by atoms with E-state index in [9.17, 15) is 18.0 Å². The van der Waals surface area contributed by atoms with Crippen molar-refractivity contribution in [3.8, 4) is 0 Å². The highest BCUT2D eigenvalue weighted by Gasteiger charge is 2.25. The van der Waals surface area contributed by atoms with Gasteiger partial charge in [-0.1, -0.05) is 23.2 Å². The van der Waals surface area contributed by atoms with Crippen LogP contribution < -0.4 is 0 Å². The fraction of sp³-hybridized carbons (Fsp3) is 0.125. The Labute approximate surface area is 87.4 Å². The molecule has 0 aliphatic heterocycles. The van der Waals surface area contributed by atoms with Crippen molar-refractivity contribution in [1.82, 2.24) is 0 Å². The fourth-order valence-corrected chi connectivity index (χ4v) is 1.26. The molecule has 0 N–H and O–H groups in total. The molecule has 76 valence electrons. The van der Waals surface area contributed by atoms with Crippen LogP contribution in [0.5, 0.6) is 0 Å². The molecule has 0 spiro atoms. The van der Waals surface area contributed by atoms with E-state index < -0.39 is 28.6 Å². The van der Waals surface area contributed by atoms with Crippen molar-refractivity contribution >= 4 is 29.0 Å². The summed E-state index contributed by atoms with van der Waals surface area (Å²) in [7, 11) is 0. The van der Waals surface area contributed by atoms with E-state index in [4.69, 9.17) is 23.2 Å². The first-order chi connectivity index (χ1) is 6.45. The molecule has 1 aromatic rings. The third-order valence-corrected chi connectivity index (χ3v) is 2.10. The Morgan fingerprint density at radius 2 is 1.71 bits per heavy atom. The van der Waals surface area contributed by atoms with Gasteiger partial charge >= 0.3 is 6.43 Å². The van der Waals surface area contributed by atoms with Crippen LogP contribution in [0.4, 0.5) is 13.2 Å². The lowest BCUT2D eigenvalue weighted by atomic mass is 10.1. The second-order valence-electron chi connectivity index (χ2n) is 2.38. The highest BCUT2D eigenvalue weighted by atomic mass is 35.5. The molecule has 6 heteroatoms. The van der Waals surface area contributed by atoms with Crippen LogP contribution in [0.3, 0.4) is 0 Å². The van der Waals surface area contributed by atoms with Gasteiger partial charge in [0.2, 0.25) is 5.78 Å². The normalized spacial score (nSPS) is 10.7. The summed E-state index contributed by atoms with van der Waals surface area (Å²) in [6.45, 7) is 0. The van der Waals surface area contributed by atoms with Crippen LogP contribution in [-0.2, 0) is 0 Å². The number of halogens is 5. The van der Waals surface area contributed by atoms with E-state index >= 15 is 0 Å². The summed E-state index contributed by atoms with van der Waals surface area (Å²) in [6, 6.07) is 2.17. The minimum atomic E-state index is -3.31. The number of alkyl halides is 2. The van der Waals surface area contributed by atoms with Crippen molar-refractivity contribution in [3.63, 3.8) is 0 Å². The molecule has 1 nitrogen and oxygen atoms in total. The van der Waals surface area contributed by atoms with Crippen LogP contribution in [0, 0.1) is 5.82 Å². The number of carbonyl (C=O) groups is 1. The van der Waals surface area contributed by atoms with E-state index in [2.05, 4.69) is 0 Å². The average Bonchev–Trinajstić information content (AvgIpc) is 2.12. The molecule has 14 heavy (non-hydrogen) atoms. The maximum Gasteiger partial charge on any atom is 0.300 e. The molecule has 0 saturated carbocycles. The van der Waals surface area contributed by atoms with Crippen molar-refractivity contribution < 1.29 is 18.0 Å². The smallest absolute Gasteiger partial charge is 0.288 e. The minimum absolute atomic E-state index is 0.378. The van der Waals surface area contributed by atoms with E-state index in [-0.39, 0.29) is 5.02 Å². The van der Waals surface area contributed by atoms with Gasteiger partial charge in [-0.25, -0.2) is 13.2 Å². The Hall–Kier alpha value is -0.740. The number of ketones is 1. The molecule has 0 fully saturated rings. The van der Waals surface area contributed by atoms with E-state index in [1.807, 2.05) is 0 Å². The van der Waals surface area contributed by atoms with Crippen LogP contribution in [0.25, 0.3) is 0 Å². The molecular weight excluding hydrogens is 240 g/mol. The third-order valence-electron chi connectivity index (χ3n) is 1.49. The van der Waals surface area contributed by atoms with Crippen LogP contribution in [0.1, 0.15) is 10.4 Å². The number of Topliss-reactive ketones (excluding diaryl/α,β-unsaturated/α-hetero) is 1. The van der Waals surface area contributed by atoms with E-state index in [1.165, 1.54) is 0 Å². The Bertz CT molecular complexity index is 379. The first-order valence-corrected chi connectivity index (χ1v) is 4.16. The molecule has 1 rings (SSSR count). The third kappa shape index (κ3) is 2.01. The maximum atomic E-state index is 13.1. The maximum absolute atomic E-state index is 13.1. The lowest BCUT2D eigenvalue weighted by Gasteiger charge is -2.04. The fourth-order valence-electron chi connectivity index (χ4n) is 0.862. The standard InChI is InChI=1S/C8H3Cl2F3O/c9-3-1-2-4(10)6(11)5(3)7(14)8(12)13/h1-2,8H. The van der Waals surface area contributed by atoms with E-state index in [0.29, 0.717) is 0 Å². The zero-order valence-corrected chi connectivity index (χ0v) is 8.04. The van der Waals surface area contributed by atoms with Gasteiger partial charge in [-0.3, -0.25) is 4.79 Å². The summed E-state index contributed by atoms with van der Waals surface area (Å²) in [5.74, 6) is -2.89. The van der Waals surface area contributed by atoms with Crippen molar-refractivity contribution in [2.24, 2.45) is 0 Å². The molecule has 1 aromatic carbocycles. The quantitative estimate of drug-likeness (QED) is 0.573. The van der Waals surface area contributed by atoms with Gasteiger partial charge in [0.15, 0.2) is 5.82 Å². The molecule has 0 aliphatic carbocycles. The lowest BCUT2D eigenvalue weighted by Crippen LogP contribution is -2.13. The summed E-state index contributed by atoms with van der Waals surface area (Å²) in [5.41, 5.74) is -0.867. The highest BCUT2D eigenvalue weighted by molar-refractivity contribution is 6.36. The number of benzene rings is 1. The molecule has 0 bridgehead atoms. The highest BCUT2D eigenvalue weighted by Crippen LogP contribution is 2.27. The van der Waals surface area contributed by atoms with Crippen LogP contribution in [-0.4, -0.2) is 12.2 Å². The van der Waals surface area contributed by atoms with Crippen LogP contribution in [0.2, 0.25) is 10.0 Å².